The average molecular weight is 143 g/mol. The minimum absolute atomic E-state index is 1.15. The van der Waals surface area contributed by atoms with E-state index in [4.69, 9.17) is 0 Å². The predicted molar refractivity (Wildman–Crippen MR) is 42.7 cm³/mol. The number of hydrazine groups is 1. The van der Waals surface area contributed by atoms with Crippen molar-refractivity contribution in [2.24, 2.45) is 0 Å². The number of hydrogen-bond donors (Lipinski definition) is 2. The monoisotopic (exact) mass is 143 g/mol. The van der Waals surface area contributed by atoms with E-state index >= 15 is 0 Å². The van der Waals surface area contributed by atoms with Gasteiger partial charge in [-0.2, -0.15) is 0 Å². The van der Waals surface area contributed by atoms with E-state index in [0.29, 0.717) is 0 Å². The summed E-state index contributed by atoms with van der Waals surface area (Å²) < 4.78 is 0. The molecule has 3 nitrogen and oxygen atoms in total. The van der Waals surface area contributed by atoms with E-state index < -0.39 is 0 Å². The molecule has 0 spiro atoms. The van der Waals surface area contributed by atoms with E-state index in [1.807, 2.05) is 7.05 Å². The van der Waals surface area contributed by atoms with Crippen LogP contribution in [0.5, 0.6) is 0 Å². The maximum absolute atomic E-state index is 3.24. The van der Waals surface area contributed by atoms with Crippen molar-refractivity contribution in [1.29, 1.82) is 0 Å². The van der Waals surface area contributed by atoms with E-state index in [-0.39, 0.29) is 0 Å². The van der Waals surface area contributed by atoms with Gasteiger partial charge in [0.25, 0.3) is 0 Å². The van der Waals surface area contributed by atoms with Gasteiger partial charge in [0.15, 0.2) is 0 Å². The summed E-state index contributed by atoms with van der Waals surface area (Å²) in [6, 6.07) is 0. The van der Waals surface area contributed by atoms with Crippen molar-refractivity contribution in [3.63, 3.8) is 0 Å². The Morgan fingerprint density at radius 1 is 1.50 bits per heavy atom. The fraction of sp³-hybridized carbons (Fsp3) is 1.00. The van der Waals surface area contributed by atoms with Crippen molar-refractivity contribution < 1.29 is 0 Å². The molecule has 2 N–H and O–H groups in total. The standard InChI is InChI=1S/C7H17N3/c1-8-4-2-3-6-10-7-5-9-10/h8-9H,2-7H2,1H3. The van der Waals surface area contributed by atoms with Gasteiger partial charge in [-0.25, -0.2) is 5.01 Å². The van der Waals surface area contributed by atoms with Gasteiger partial charge < -0.3 is 5.32 Å². The number of unbranched alkanes of at least 4 members (excludes halogenated alkanes) is 1. The second-order valence-corrected chi connectivity index (χ2v) is 2.71. The number of rotatable bonds is 5. The molecule has 0 amide bonds. The number of hydrogen-bond acceptors (Lipinski definition) is 3. The van der Waals surface area contributed by atoms with Gasteiger partial charge in [-0.15, -0.1) is 0 Å². The van der Waals surface area contributed by atoms with Crippen LogP contribution in [0.15, 0.2) is 0 Å². The lowest BCUT2D eigenvalue weighted by molar-refractivity contribution is 0.0997. The summed E-state index contributed by atoms with van der Waals surface area (Å²) in [4.78, 5) is 0. The second kappa shape index (κ2) is 4.66. The molecule has 0 aliphatic carbocycles. The molecular weight excluding hydrogens is 126 g/mol. The minimum Gasteiger partial charge on any atom is -0.320 e. The van der Waals surface area contributed by atoms with Crippen molar-refractivity contribution in [3.05, 3.63) is 0 Å². The van der Waals surface area contributed by atoms with Crippen LogP contribution in [-0.2, 0) is 0 Å². The van der Waals surface area contributed by atoms with Gasteiger partial charge in [-0.1, -0.05) is 0 Å². The van der Waals surface area contributed by atoms with Crippen molar-refractivity contribution in [2.45, 2.75) is 12.8 Å². The van der Waals surface area contributed by atoms with E-state index in [1.54, 1.807) is 0 Å². The van der Waals surface area contributed by atoms with Gasteiger partial charge in [0.05, 0.1) is 0 Å². The lowest BCUT2D eigenvalue weighted by atomic mass is 10.3. The molecule has 10 heavy (non-hydrogen) atoms. The van der Waals surface area contributed by atoms with Gasteiger partial charge in [-0.3, -0.25) is 5.43 Å². The van der Waals surface area contributed by atoms with Crippen LogP contribution in [0.3, 0.4) is 0 Å². The third-order valence-corrected chi connectivity index (χ3v) is 1.82. The van der Waals surface area contributed by atoms with Gasteiger partial charge in [0.1, 0.15) is 0 Å². The maximum atomic E-state index is 3.24. The minimum atomic E-state index is 1.15. The summed E-state index contributed by atoms with van der Waals surface area (Å²) in [6.07, 6.45) is 2.59. The molecule has 60 valence electrons. The number of nitrogens with one attached hydrogen (secondary N) is 2. The highest BCUT2D eigenvalue weighted by molar-refractivity contribution is 4.62. The quantitative estimate of drug-likeness (QED) is 0.522. The van der Waals surface area contributed by atoms with E-state index in [0.717, 1.165) is 6.54 Å². The zero-order chi connectivity index (χ0) is 7.23. The van der Waals surface area contributed by atoms with Crippen LogP contribution in [0, 0.1) is 0 Å². The molecule has 0 unspecified atom stereocenters. The summed E-state index contributed by atoms with van der Waals surface area (Å²) in [5, 5.41) is 5.41. The first-order valence-corrected chi connectivity index (χ1v) is 4.06. The molecule has 0 aromatic carbocycles. The Labute approximate surface area is 62.8 Å². The normalized spacial score (nSPS) is 18.9. The SMILES string of the molecule is CNCCCCN1CCN1. The topological polar surface area (TPSA) is 27.3 Å². The summed E-state index contributed by atoms with van der Waals surface area (Å²) in [6.45, 7) is 4.76. The fourth-order valence-corrected chi connectivity index (χ4v) is 1.07. The zero-order valence-corrected chi connectivity index (χ0v) is 6.69. The molecule has 1 heterocycles. The largest absolute Gasteiger partial charge is 0.320 e. The van der Waals surface area contributed by atoms with Crippen LogP contribution in [0.1, 0.15) is 12.8 Å². The number of nitrogens with zero attached hydrogens (tertiary/aromatic N) is 1. The lowest BCUT2D eigenvalue weighted by Crippen LogP contribution is -2.53. The molecule has 1 rings (SSSR count). The van der Waals surface area contributed by atoms with Crippen molar-refractivity contribution in [2.75, 3.05) is 33.2 Å². The molecular formula is C7H17N3. The fourth-order valence-electron chi connectivity index (χ4n) is 1.07. The van der Waals surface area contributed by atoms with Gasteiger partial charge in [-0.05, 0) is 26.4 Å². The summed E-state index contributed by atoms with van der Waals surface area (Å²) >= 11 is 0. The average Bonchev–Trinajstić information content (AvgIpc) is 1.84. The Bertz CT molecular complexity index is 80.9. The summed E-state index contributed by atoms with van der Waals surface area (Å²) in [5.41, 5.74) is 3.24. The van der Waals surface area contributed by atoms with E-state index in [2.05, 4.69) is 15.8 Å². The highest BCUT2D eigenvalue weighted by Crippen LogP contribution is 1.95. The van der Waals surface area contributed by atoms with Crippen molar-refractivity contribution in [1.82, 2.24) is 15.8 Å². The molecule has 0 aromatic heterocycles. The lowest BCUT2D eigenvalue weighted by Gasteiger charge is -2.31. The predicted octanol–water partition coefficient (Wildman–Crippen LogP) is -0.194. The molecule has 1 aliphatic rings. The van der Waals surface area contributed by atoms with Gasteiger partial charge in [0.2, 0.25) is 0 Å². The summed E-state index contributed by atoms with van der Waals surface area (Å²) in [5.74, 6) is 0. The molecule has 0 saturated carbocycles. The van der Waals surface area contributed by atoms with E-state index in [9.17, 15) is 0 Å². The molecule has 3 heteroatoms. The van der Waals surface area contributed by atoms with Crippen molar-refractivity contribution >= 4 is 0 Å². The van der Waals surface area contributed by atoms with Crippen LogP contribution < -0.4 is 10.7 Å². The smallest absolute Gasteiger partial charge is 0.0270 e. The first-order valence-electron chi connectivity index (χ1n) is 4.06. The Kier molecular flexibility index (Phi) is 3.72. The molecule has 0 atom stereocenters. The Morgan fingerprint density at radius 3 is 2.80 bits per heavy atom. The first-order chi connectivity index (χ1) is 4.93. The molecule has 1 fully saturated rings. The molecule has 0 radical (unpaired) electrons. The van der Waals surface area contributed by atoms with Gasteiger partial charge in [0, 0.05) is 19.6 Å². The third-order valence-electron chi connectivity index (χ3n) is 1.82. The first kappa shape index (κ1) is 7.98. The molecule has 0 aromatic rings. The van der Waals surface area contributed by atoms with Crippen LogP contribution in [-0.4, -0.2) is 38.2 Å². The van der Waals surface area contributed by atoms with Crippen molar-refractivity contribution in [3.8, 4) is 0 Å². The highest BCUT2D eigenvalue weighted by Gasteiger charge is 2.10. The highest BCUT2D eigenvalue weighted by atomic mass is 15.6. The van der Waals surface area contributed by atoms with Crippen LogP contribution in [0.25, 0.3) is 0 Å². The Morgan fingerprint density at radius 2 is 2.30 bits per heavy atom. The Hall–Kier alpha value is -0.120. The maximum Gasteiger partial charge on any atom is 0.0270 e. The van der Waals surface area contributed by atoms with Crippen LogP contribution in [0.2, 0.25) is 0 Å². The van der Waals surface area contributed by atoms with Gasteiger partial charge >= 0.3 is 0 Å². The van der Waals surface area contributed by atoms with Crippen LogP contribution in [0.4, 0.5) is 0 Å². The van der Waals surface area contributed by atoms with E-state index in [1.165, 1.54) is 32.5 Å². The van der Waals surface area contributed by atoms with Crippen LogP contribution >= 0.6 is 0 Å². The molecule has 0 bridgehead atoms. The third kappa shape index (κ3) is 2.64. The summed E-state index contributed by atoms with van der Waals surface area (Å²) in [7, 11) is 2.00. The zero-order valence-electron chi connectivity index (χ0n) is 6.69. The second-order valence-electron chi connectivity index (χ2n) is 2.71. The molecule has 1 saturated heterocycles. The molecule has 1 aliphatic heterocycles. The Balaban J connectivity index is 1.76.